The van der Waals surface area contributed by atoms with Crippen LogP contribution in [-0.4, -0.2) is 27.8 Å². The summed E-state index contributed by atoms with van der Waals surface area (Å²) in [6.07, 6.45) is 4.93. The number of pyridine rings is 2. The lowest BCUT2D eigenvalue weighted by Gasteiger charge is -2.08. The van der Waals surface area contributed by atoms with Crippen molar-refractivity contribution < 1.29 is 4.79 Å². The monoisotopic (exact) mass is 350 g/mol. The first kappa shape index (κ1) is 17.1. The minimum atomic E-state index is -0.172. The molecule has 0 fully saturated rings. The Balaban J connectivity index is 1.61. The third kappa shape index (κ3) is 4.42. The van der Waals surface area contributed by atoms with Gasteiger partial charge in [-0.3, -0.25) is 9.78 Å². The Morgan fingerprint density at radius 2 is 2.12 bits per heavy atom. The molecule has 0 unspecified atom stereocenters. The van der Waals surface area contributed by atoms with Crippen molar-refractivity contribution in [1.29, 1.82) is 0 Å². The van der Waals surface area contributed by atoms with E-state index in [4.69, 9.17) is 0 Å². The second-order valence-corrected chi connectivity index (χ2v) is 6.61. The molecule has 0 radical (unpaired) electrons. The van der Waals surface area contributed by atoms with Crippen molar-refractivity contribution in [2.75, 3.05) is 5.75 Å². The molecule has 0 bridgehead atoms. The molecular weight excluding hydrogens is 332 g/mol. The summed E-state index contributed by atoms with van der Waals surface area (Å²) in [5, 5.41) is 5.92. The molecule has 2 aromatic heterocycles. The van der Waals surface area contributed by atoms with Crippen LogP contribution in [0, 0.1) is 13.8 Å². The van der Waals surface area contributed by atoms with E-state index < -0.39 is 0 Å². The lowest BCUT2D eigenvalue weighted by molar-refractivity contribution is -0.118. The number of thioether (sulfide) groups is 1. The molecule has 0 atom stereocenters. The SMILES string of the molecule is Cc1cc(SCC(=O)N/N=C\c2cccnc2)nc2c(C)cccc12. The number of carbonyl (C=O) groups is 1. The molecule has 25 heavy (non-hydrogen) atoms. The molecule has 6 heteroatoms. The second kappa shape index (κ2) is 7.90. The van der Waals surface area contributed by atoms with Crippen molar-refractivity contribution in [3.8, 4) is 0 Å². The molecule has 5 nitrogen and oxygen atoms in total. The van der Waals surface area contributed by atoms with Gasteiger partial charge in [0, 0.05) is 23.3 Å². The lowest BCUT2D eigenvalue weighted by atomic mass is 10.1. The number of hydrazone groups is 1. The van der Waals surface area contributed by atoms with Crippen LogP contribution in [0.25, 0.3) is 10.9 Å². The average Bonchev–Trinajstić information content (AvgIpc) is 2.62. The highest BCUT2D eigenvalue weighted by Crippen LogP contribution is 2.25. The van der Waals surface area contributed by atoms with Gasteiger partial charge in [0.25, 0.3) is 0 Å². The summed E-state index contributed by atoms with van der Waals surface area (Å²) in [6.45, 7) is 4.11. The van der Waals surface area contributed by atoms with Crippen LogP contribution < -0.4 is 5.43 Å². The lowest BCUT2D eigenvalue weighted by Crippen LogP contribution is -2.19. The molecule has 0 aliphatic heterocycles. The fourth-order valence-corrected chi connectivity index (χ4v) is 3.17. The number of aromatic nitrogens is 2. The summed E-state index contributed by atoms with van der Waals surface area (Å²) in [7, 11) is 0. The van der Waals surface area contributed by atoms with E-state index in [-0.39, 0.29) is 11.7 Å². The van der Waals surface area contributed by atoms with Gasteiger partial charge >= 0.3 is 0 Å². The quantitative estimate of drug-likeness (QED) is 0.434. The fraction of sp³-hybridized carbons (Fsp3) is 0.158. The first-order chi connectivity index (χ1) is 12.1. The van der Waals surface area contributed by atoms with E-state index in [0.29, 0.717) is 0 Å². The topological polar surface area (TPSA) is 67.2 Å². The number of rotatable bonds is 5. The van der Waals surface area contributed by atoms with E-state index in [0.717, 1.165) is 32.6 Å². The summed E-state index contributed by atoms with van der Waals surface area (Å²) in [6, 6.07) is 11.8. The van der Waals surface area contributed by atoms with Crippen LogP contribution in [0.2, 0.25) is 0 Å². The van der Waals surface area contributed by atoms with Gasteiger partial charge in [0.05, 0.1) is 22.5 Å². The summed E-state index contributed by atoms with van der Waals surface area (Å²) in [4.78, 5) is 20.6. The van der Waals surface area contributed by atoms with E-state index in [1.165, 1.54) is 11.8 Å². The van der Waals surface area contributed by atoms with Gasteiger partial charge in [0.2, 0.25) is 5.91 Å². The molecule has 0 aliphatic carbocycles. The largest absolute Gasteiger partial charge is 0.272 e. The van der Waals surface area contributed by atoms with Crippen molar-refractivity contribution in [1.82, 2.24) is 15.4 Å². The highest BCUT2D eigenvalue weighted by atomic mass is 32.2. The molecule has 1 aromatic carbocycles. The predicted octanol–water partition coefficient (Wildman–Crippen LogP) is 3.49. The van der Waals surface area contributed by atoms with Crippen LogP contribution >= 0.6 is 11.8 Å². The fourth-order valence-electron chi connectivity index (χ4n) is 2.41. The first-order valence-corrected chi connectivity index (χ1v) is 8.84. The van der Waals surface area contributed by atoms with Gasteiger partial charge in [0.1, 0.15) is 0 Å². The third-order valence-electron chi connectivity index (χ3n) is 3.66. The molecule has 126 valence electrons. The maximum atomic E-state index is 11.9. The van der Waals surface area contributed by atoms with Gasteiger partial charge in [-0.05, 0) is 37.1 Å². The molecule has 2 heterocycles. The van der Waals surface area contributed by atoms with Gasteiger partial charge < -0.3 is 0 Å². The zero-order chi connectivity index (χ0) is 17.6. The molecular formula is C19H18N4OS. The van der Waals surface area contributed by atoms with Gasteiger partial charge in [-0.1, -0.05) is 36.0 Å². The Kier molecular flexibility index (Phi) is 5.40. The van der Waals surface area contributed by atoms with Crippen molar-refractivity contribution >= 4 is 34.8 Å². The van der Waals surface area contributed by atoms with E-state index in [9.17, 15) is 4.79 Å². The Bertz CT molecular complexity index is 925. The minimum absolute atomic E-state index is 0.172. The second-order valence-electron chi connectivity index (χ2n) is 5.62. The van der Waals surface area contributed by atoms with Crippen LogP contribution in [0.5, 0.6) is 0 Å². The molecule has 1 amide bonds. The summed E-state index contributed by atoms with van der Waals surface area (Å²) in [5.41, 5.74) is 6.63. The number of hydrogen-bond acceptors (Lipinski definition) is 5. The summed E-state index contributed by atoms with van der Waals surface area (Å²) in [5.74, 6) is 0.0864. The van der Waals surface area contributed by atoms with Crippen LogP contribution in [0.4, 0.5) is 0 Å². The highest BCUT2D eigenvalue weighted by molar-refractivity contribution is 7.99. The van der Waals surface area contributed by atoms with E-state index in [1.54, 1.807) is 18.6 Å². The average molecular weight is 350 g/mol. The van der Waals surface area contributed by atoms with Crippen LogP contribution in [-0.2, 0) is 4.79 Å². The molecule has 3 aromatic rings. The maximum absolute atomic E-state index is 11.9. The summed E-state index contributed by atoms with van der Waals surface area (Å²) >= 11 is 1.40. The van der Waals surface area contributed by atoms with Crippen molar-refractivity contribution in [3.63, 3.8) is 0 Å². The Morgan fingerprint density at radius 1 is 1.24 bits per heavy atom. The van der Waals surface area contributed by atoms with Gasteiger partial charge in [-0.2, -0.15) is 5.10 Å². The van der Waals surface area contributed by atoms with Gasteiger partial charge in [-0.25, -0.2) is 10.4 Å². The minimum Gasteiger partial charge on any atom is -0.272 e. The molecule has 1 N–H and O–H groups in total. The summed E-state index contributed by atoms with van der Waals surface area (Å²) < 4.78 is 0. The van der Waals surface area contributed by atoms with E-state index in [1.807, 2.05) is 37.3 Å². The van der Waals surface area contributed by atoms with Crippen molar-refractivity contribution in [3.05, 3.63) is 65.5 Å². The number of aryl methyl sites for hydroxylation is 2. The molecule has 0 spiro atoms. The zero-order valence-electron chi connectivity index (χ0n) is 14.1. The smallest absolute Gasteiger partial charge is 0.250 e. The number of carbonyl (C=O) groups excluding carboxylic acids is 1. The number of hydrogen-bond donors (Lipinski definition) is 1. The number of benzene rings is 1. The van der Waals surface area contributed by atoms with Crippen LogP contribution in [0.15, 0.2) is 58.9 Å². The Morgan fingerprint density at radius 3 is 2.92 bits per heavy atom. The van der Waals surface area contributed by atoms with Gasteiger partial charge in [0.15, 0.2) is 0 Å². The normalized spacial score (nSPS) is 11.1. The molecule has 0 saturated carbocycles. The molecule has 0 saturated heterocycles. The van der Waals surface area contributed by atoms with Crippen molar-refractivity contribution in [2.24, 2.45) is 5.10 Å². The van der Waals surface area contributed by atoms with Crippen LogP contribution in [0.1, 0.15) is 16.7 Å². The number of amides is 1. The number of para-hydroxylation sites is 1. The number of nitrogens with zero attached hydrogens (tertiary/aromatic N) is 3. The first-order valence-electron chi connectivity index (χ1n) is 7.85. The highest BCUT2D eigenvalue weighted by Gasteiger charge is 2.07. The maximum Gasteiger partial charge on any atom is 0.250 e. The Labute approximate surface area is 150 Å². The zero-order valence-corrected chi connectivity index (χ0v) is 14.9. The van der Waals surface area contributed by atoms with Crippen molar-refractivity contribution in [2.45, 2.75) is 18.9 Å². The van der Waals surface area contributed by atoms with E-state index in [2.05, 4.69) is 33.5 Å². The number of nitrogens with one attached hydrogen (secondary N) is 1. The Hall–Kier alpha value is -2.73. The van der Waals surface area contributed by atoms with Gasteiger partial charge in [-0.15, -0.1) is 0 Å². The van der Waals surface area contributed by atoms with E-state index >= 15 is 0 Å². The third-order valence-corrected chi connectivity index (χ3v) is 4.57. The number of fused-ring (bicyclic) bond motifs is 1. The molecule has 3 rings (SSSR count). The molecule has 0 aliphatic rings. The predicted molar refractivity (Wildman–Crippen MR) is 102 cm³/mol. The van der Waals surface area contributed by atoms with Crippen LogP contribution in [0.3, 0.4) is 0 Å². The standard InChI is InChI=1S/C19H18N4OS/c1-13-5-3-7-16-14(2)9-18(22-19(13)16)25-12-17(24)23-21-11-15-6-4-8-20-10-15/h3-11H,12H2,1-2H3,(H,23,24)/b21-11-.